The first-order chi connectivity index (χ1) is 13.1. The lowest BCUT2D eigenvalue weighted by Gasteiger charge is -2.15. The summed E-state index contributed by atoms with van der Waals surface area (Å²) in [6, 6.07) is 0. The first-order valence-corrected chi connectivity index (χ1v) is 10.1. The van der Waals surface area contributed by atoms with Gasteiger partial charge < -0.3 is 15.1 Å². The molecule has 0 unspecified atom stereocenters. The molecule has 9 nitrogen and oxygen atoms in total. The van der Waals surface area contributed by atoms with Gasteiger partial charge in [0, 0.05) is 45.3 Å². The molecule has 2 aromatic heterocycles. The van der Waals surface area contributed by atoms with Gasteiger partial charge in [0.25, 0.3) is 11.5 Å². The lowest BCUT2D eigenvalue weighted by atomic mass is 10.3. The number of rotatable bonds is 6. The molecule has 2 aromatic rings. The van der Waals surface area contributed by atoms with E-state index in [-0.39, 0.29) is 11.5 Å². The van der Waals surface area contributed by atoms with Gasteiger partial charge in [0.2, 0.25) is 16.0 Å². The molecular weight excluding hydrogens is 368 g/mol. The highest BCUT2D eigenvalue weighted by atomic mass is 32.1. The SMILES string of the molecule is O=C(NCCCN1CCCC1=O)c1cnc2sc(N3CCCC3)nn2c1=O. The number of nitrogens with zero attached hydrogens (tertiary/aromatic N) is 5. The third kappa shape index (κ3) is 3.66. The van der Waals surface area contributed by atoms with Gasteiger partial charge in [-0.05, 0) is 25.7 Å². The van der Waals surface area contributed by atoms with Gasteiger partial charge in [0.1, 0.15) is 5.56 Å². The number of fused-ring (bicyclic) bond motifs is 1. The molecule has 10 heteroatoms. The first kappa shape index (κ1) is 17.9. The average Bonchev–Trinajstić information content (AvgIpc) is 3.39. The van der Waals surface area contributed by atoms with E-state index in [0.29, 0.717) is 30.9 Å². The van der Waals surface area contributed by atoms with Crippen molar-refractivity contribution in [1.82, 2.24) is 24.8 Å². The Balaban J connectivity index is 1.40. The van der Waals surface area contributed by atoms with Crippen molar-refractivity contribution >= 4 is 33.2 Å². The third-order valence-electron chi connectivity index (χ3n) is 4.96. The van der Waals surface area contributed by atoms with Gasteiger partial charge in [-0.3, -0.25) is 14.4 Å². The fourth-order valence-corrected chi connectivity index (χ4v) is 4.39. The van der Waals surface area contributed by atoms with Crippen LogP contribution in [0.25, 0.3) is 4.96 Å². The molecule has 2 aliphatic heterocycles. The number of carbonyl (C=O) groups is 2. The van der Waals surface area contributed by atoms with E-state index in [4.69, 9.17) is 0 Å². The molecule has 27 heavy (non-hydrogen) atoms. The second-order valence-corrected chi connectivity index (χ2v) is 7.78. The van der Waals surface area contributed by atoms with Crippen molar-refractivity contribution in [2.75, 3.05) is 37.6 Å². The van der Waals surface area contributed by atoms with E-state index in [0.717, 1.165) is 44.0 Å². The summed E-state index contributed by atoms with van der Waals surface area (Å²) in [5.41, 5.74) is -0.461. The largest absolute Gasteiger partial charge is 0.352 e. The number of carbonyl (C=O) groups excluding carboxylic acids is 2. The highest BCUT2D eigenvalue weighted by Crippen LogP contribution is 2.24. The van der Waals surface area contributed by atoms with Crippen LogP contribution < -0.4 is 15.8 Å². The van der Waals surface area contributed by atoms with Crippen LogP contribution in [0.3, 0.4) is 0 Å². The number of aromatic nitrogens is 3. The number of nitrogens with one attached hydrogen (secondary N) is 1. The zero-order valence-electron chi connectivity index (χ0n) is 15.0. The van der Waals surface area contributed by atoms with E-state index < -0.39 is 11.5 Å². The summed E-state index contributed by atoms with van der Waals surface area (Å²) >= 11 is 1.36. The maximum atomic E-state index is 12.6. The number of hydrogen-bond donors (Lipinski definition) is 1. The molecule has 2 fully saturated rings. The summed E-state index contributed by atoms with van der Waals surface area (Å²) in [6.45, 7) is 3.68. The number of amides is 2. The lowest BCUT2D eigenvalue weighted by molar-refractivity contribution is -0.127. The van der Waals surface area contributed by atoms with Crippen molar-refractivity contribution in [3.05, 3.63) is 22.1 Å². The molecule has 0 spiro atoms. The van der Waals surface area contributed by atoms with E-state index in [2.05, 4.69) is 20.3 Å². The van der Waals surface area contributed by atoms with Crippen LogP contribution in [0.5, 0.6) is 0 Å². The predicted octanol–water partition coefficient (Wildman–Crippen LogP) is 0.493. The molecule has 4 rings (SSSR count). The fraction of sp³-hybridized carbons (Fsp3) is 0.588. The first-order valence-electron chi connectivity index (χ1n) is 9.33. The Hall–Kier alpha value is -2.49. The van der Waals surface area contributed by atoms with E-state index >= 15 is 0 Å². The lowest BCUT2D eigenvalue weighted by Crippen LogP contribution is -2.34. The normalized spacial score (nSPS) is 17.3. The Morgan fingerprint density at radius 2 is 2.00 bits per heavy atom. The maximum Gasteiger partial charge on any atom is 0.288 e. The third-order valence-corrected chi connectivity index (χ3v) is 5.94. The van der Waals surface area contributed by atoms with Crippen LogP contribution in [0, 0.1) is 0 Å². The minimum atomic E-state index is -0.453. The van der Waals surface area contributed by atoms with Crippen molar-refractivity contribution < 1.29 is 9.59 Å². The minimum absolute atomic E-state index is 0.0111. The monoisotopic (exact) mass is 390 g/mol. The molecule has 0 bridgehead atoms. The summed E-state index contributed by atoms with van der Waals surface area (Å²) in [4.78, 5) is 45.2. The Bertz CT molecular complexity index is 917. The molecule has 4 heterocycles. The molecule has 0 aliphatic carbocycles. The van der Waals surface area contributed by atoms with Crippen LogP contribution in [0.2, 0.25) is 0 Å². The topological polar surface area (TPSA) is 99.9 Å². The Kier molecular flexibility index (Phi) is 5.06. The van der Waals surface area contributed by atoms with Crippen LogP contribution in [-0.4, -0.2) is 64.0 Å². The quantitative estimate of drug-likeness (QED) is 0.721. The Morgan fingerprint density at radius 3 is 2.74 bits per heavy atom. The maximum absolute atomic E-state index is 12.6. The molecule has 2 saturated heterocycles. The molecule has 0 radical (unpaired) electrons. The summed E-state index contributed by atoms with van der Waals surface area (Å²) in [6.07, 6.45) is 5.74. The molecule has 0 atom stereocenters. The van der Waals surface area contributed by atoms with Crippen molar-refractivity contribution in [2.24, 2.45) is 0 Å². The number of likely N-dealkylation sites (tertiary alicyclic amines) is 1. The fourth-order valence-electron chi connectivity index (χ4n) is 3.48. The van der Waals surface area contributed by atoms with Gasteiger partial charge in [0.15, 0.2) is 0 Å². The van der Waals surface area contributed by atoms with Gasteiger partial charge in [-0.1, -0.05) is 11.3 Å². The smallest absolute Gasteiger partial charge is 0.288 e. The molecular formula is C17H22N6O3S. The van der Waals surface area contributed by atoms with Gasteiger partial charge in [0.05, 0.1) is 0 Å². The highest BCUT2D eigenvalue weighted by molar-refractivity contribution is 7.20. The molecule has 0 saturated carbocycles. The molecule has 1 N–H and O–H groups in total. The number of hydrogen-bond acceptors (Lipinski definition) is 7. The van der Waals surface area contributed by atoms with Gasteiger partial charge in [-0.2, -0.15) is 4.52 Å². The van der Waals surface area contributed by atoms with Crippen molar-refractivity contribution in [2.45, 2.75) is 32.1 Å². The minimum Gasteiger partial charge on any atom is -0.352 e. The van der Waals surface area contributed by atoms with Gasteiger partial charge in [-0.15, -0.1) is 5.10 Å². The summed E-state index contributed by atoms with van der Waals surface area (Å²) < 4.78 is 1.22. The molecule has 2 aliphatic rings. The van der Waals surface area contributed by atoms with Crippen LogP contribution >= 0.6 is 11.3 Å². The Morgan fingerprint density at radius 1 is 1.19 bits per heavy atom. The summed E-state index contributed by atoms with van der Waals surface area (Å²) in [5.74, 6) is -0.281. The zero-order chi connectivity index (χ0) is 18.8. The van der Waals surface area contributed by atoms with E-state index in [1.165, 1.54) is 22.0 Å². The van der Waals surface area contributed by atoms with Crippen LogP contribution in [0.15, 0.2) is 11.0 Å². The average molecular weight is 390 g/mol. The van der Waals surface area contributed by atoms with Crippen molar-refractivity contribution in [3.63, 3.8) is 0 Å². The van der Waals surface area contributed by atoms with Gasteiger partial charge >= 0.3 is 0 Å². The molecule has 144 valence electrons. The van der Waals surface area contributed by atoms with Crippen molar-refractivity contribution in [3.8, 4) is 0 Å². The molecule has 0 aromatic carbocycles. The zero-order valence-corrected chi connectivity index (χ0v) is 15.8. The second kappa shape index (κ2) is 7.63. The predicted molar refractivity (Wildman–Crippen MR) is 101 cm³/mol. The van der Waals surface area contributed by atoms with Gasteiger partial charge in [-0.25, -0.2) is 4.98 Å². The number of anilines is 1. The van der Waals surface area contributed by atoms with Crippen LogP contribution in [-0.2, 0) is 4.79 Å². The van der Waals surface area contributed by atoms with E-state index in [1.807, 2.05) is 4.90 Å². The summed E-state index contributed by atoms with van der Waals surface area (Å²) in [7, 11) is 0. The summed E-state index contributed by atoms with van der Waals surface area (Å²) in [5, 5.41) is 7.86. The van der Waals surface area contributed by atoms with E-state index in [9.17, 15) is 14.4 Å². The van der Waals surface area contributed by atoms with Crippen LogP contribution in [0.4, 0.5) is 5.13 Å². The highest BCUT2D eigenvalue weighted by Gasteiger charge is 2.21. The molecule has 2 amide bonds. The van der Waals surface area contributed by atoms with E-state index in [1.54, 1.807) is 0 Å². The van der Waals surface area contributed by atoms with Crippen molar-refractivity contribution in [1.29, 1.82) is 0 Å². The van der Waals surface area contributed by atoms with Crippen LogP contribution in [0.1, 0.15) is 42.5 Å². The Labute approximate surface area is 160 Å². The standard InChI is InChI=1S/C17H22N6O3S/c24-13-5-3-9-21(13)10-4-6-18-14(25)12-11-19-16-23(15(12)26)20-17(27-16)22-7-1-2-8-22/h11H,1-10H2,(H,18,25). The second-order valence-electron chi connectivity index (χ2n) is 6.84.